The third-order valence-electron chi connectivity index (χ3n) is 4.19. The molecule has 2 heterocycles. The van der Waals surface area contributed by atoms with Gasteiger partial charge in [-0.2, -0.15) is 0 Å². The van der Waals surface area contributed by atoms with Crippen LogP contribution in [0.1, 0.15) is 21.7 Å². The van der Waals surface area contributed by atoms with Crippen LogP contribution in [0.5, 0.6) is 0 Å². The Morgan fingerprint density at radius 3 is 2.55 bits per heavy atom. The summed E-state index contributed by atoms with van der Waals surface area (Å²) in [6, 6.07) is 13.5. The third-order valence-corrected chi connectivity index (χ3v) is 8.99. The third kappa shape index (κ3) is 1.95. The van der Waals surface area contributed by atoms with E-state index in [2.05, 4.69) is 63.0 Å². The highest BCUT2D eigenvalue weighted by Gasteiger charge is 2.39. The number of hydrogen-bond acceptors (Lipinski definition) is 1. The number of thiophene rings is 1. The molecule has 0 nitrogen and oxygen atoms in total. The topological polar surface area (TPSA) is 0 Å². The second kappa shape index (κ2) is 4.87. The van der Waals surface area contributed by atoms with Gasteiger partial charge in [-0.25, -0.2) is 0 Å². The van der Waals surface area contributed by atoms with Crippen molar-refractivity contribution in [3.05, 3.63) is 64.4 Å². The molecule has 0 amide bonds. The van der Waals surface area contributed by atoms with Gasteiger partial charge in [-0.3, -0.25) is 0 Å². The van der Waals surface area contributed by atoms with Crippen LogP contribution in [-0.2, 0) is 0 Å². The molecule has 2 aromatic rings. The summed E-state index contributed by atoms with van der Waals surface area (Å²) in [5.41, 5.74) is 2.97. The first-order valence-corrected chi connectivity index (χ1v) is 10.9. The van der Waals surface area contributed by atoms with E-state index in [1.807, 2.05) is 17.4 Å². The van der Waals surface area contributed by atoms with Crippen LogP contribution in [0, 0.1) is 6.92 Å². The zero-order chi connectivity index (χ0) is 14.3. The fraction of sp³-hybridized carbons (Fsp3) is 0.222. The van der Waals surface area contributed by atoms with E-state index in [0.717, 1.165) is 6.42 Å². The number of hydrogen-bond donors (Lipinski definition) is 0. The lowest BCUT2D eigenvalue weighted by atomic mass is 10.0. The van der Waals surface area contributed by atoms with Crippen LogP contribution in [-0.4, -0.2) is 8.07 Å². The van der Waals surface area contributed by atoms with Crippen molar-refractivity contribution >= 4 is 35.4 Å². The molecule has 1 aromatic carbocycles. The number of rotatable bonds is 3. The van der Waals surface area contributed by atoms with Crippen molar-refractivity contribution in [1.82, 2.24) is 0 Å². The standard InChI is InChI=1S/C18H20SSi/c1-5-8-15-14-9-6-7-10-17(14)20(3,4)18(15)16-12-11-13(2)19-16/h5-7,9-12H,1,8H2,2-4H3. The molecule has 102 valence electrons. The number of fused-ring (bicyclic) bond motifs is 1. The minimum absolute atomic E-state index is 0.972. The van der Waals surface area contributed by atoms with E-state index in [1.54, 1.807) is 10.4 Å². The van der Waals surface area contributed by atoms with Crippen molar-refractivity contribution < 1.29 is 0 Å². The Morgan fingerprint density at radius 2 is 1.90 bits per heavy atom. The average Bonchev–Trinajstić information content (AvgIpc) is 2.92. The molecular weight excluding hydrogens is 276 g/mol. The maximum Gasteiger partial charge on any atom is 0.115 e. The first-order valence-electron chi connectivity index (χ1n) is 7.07. The summed E-state index contributed by atoms with van der Waals surface area (Å²) in [4.78, 5) is 2.86. The van der Waals surface area contributed by atoms with Gasteiger partial charge < -0.3 is 0 Å². The predicted molar refractivity (Wildman–Crippen MR) is 94.2 cm³/mol. The van der Waals surface area contributed by atoms with Crippen LogP contribution in [0.15, 0.2) is 49.1 Å². The largest absolute Gasteiger partial charge is 0.141 e. The monoisotopic (exact) mass is 296 g/mol. The molecule has 0 unspecified atom stereocenters. The van der Waals surface area contributed by atoms with Crippen molar-refractivity contribution in [3.8, 4) is 0 Å². The second-order valence-corrected chi connectivity index (χ2v) is 11.5. The summed E-state index contributed by atoms with van der Waals surface area (Å²) < 4.78 is 0. The molecule has 0 aliphatic carbocycles. The number of aryl methyl sites for hydroxylation is 1. The lowest BCUT2D eigenvalue weighted by molar-refractivity contribution is 1.43. The van der Waals surface area contributed by atoms with Crippen molar-refractivity contribution in [3.63, 3.8) is 0 Å². The molecule has 0 N–H and O–H groups in total. The van der Waals surface area contributed by atoms with Crippen LogP contribution in [0.3, 0.4) is 0 Å². The summed E-state index contributed by atoms with van der Waals surface area (Å²) in [7, 11) is -1.58. The normalized spacial score (nSPS) is 16.4. The SMILES string of the molecule is C=CCC1=C(c2ccc(C)s2)[Si](C)(C)c2ccccc21. The van der Waals surface area contributed by atoms with Crippen LogP contribution in [0.25, 0.3) is 10.8 Å². The summed E-state index contributed by atoms with van der Waals surface area (Å²) in [6.45, 7) is 11.1. The van der Waals surface area contributed by atoms with Crippen molar-refractivity contribution in [2.24, 2.45) is 0 Å². The van der Waals surface area contributed by atoms with Crippen molar-refractivity contribution in [1.29, 1.82) is 0 Å². The minimum Gasteiger partial charge on any atom is -0.141 e. The highest BCUT2D eigenvalue weighted by atomic mass is 32.1. The molecule has 3 rings (SSSR count). The Kier molecular flexibility index (Phi) is 3.31. The Morgan fingerprint density at radius 1 is 1.15 bits per heavy atom. The predicted octanol–water partition coefficient (Wildman–Crippen LogP) is 5.01. The average molecular weight is 297 g/mol. The first-order chi connectivity index (χ1) is 9.55. The Labute approximate surface area is 126 Å². The lowest BCUT2D eigenvalue weighted by Gasteiger charge is -2.21. The van der Waals surface area contributed by atoms with Gasteiger partial charge in [0.1, 0.15) is 8.07 Å². The maximum absolute atomic E-state index is 3.96. The molecule has 0 radical (unpaired) electrons. The highest BCUT2D eigenvalue weighted by molar-refractivity contribution is 7.18. The van der Waals surface area contributed by atoms with Gasteiger partial charge in [-0.15, -0.1) is 17.9 Å². The van der Waals surface area contributed by atoms with E-state index in [9.17, 15) is 0 Å². The van der Waals surface area contributed by atoms with Crippen LogP contribution >= 0.6 is 11.3 Å². The van der Waals surface area contributed by atoms with Gasteiger partial charge in [0, 0.05) is 9.75 Å². The molecule has 0 bridgehead atoms. The van der Waals surface area contributed by atoms with E-state index >= 15 is 0 Å². The second-order valence-electron chi connectivity index (χ2n) is 5.93. The van der Waals surface area contributed by atoms with Crippen molar-refractivity contribution in [2.75, 3.05) is 0 Å². The van der Waals surface area contributed by atoms with E-state index in [4.69, 9.17) is 0 Å². The van der Waals surface area contributed by atoms with Gasteiger partial charge >= 0.3 is 0 Å². The fourth-order valence-corrected chi connectivity index (χ4v) is 8.46. The van der Waals surface area contributed by atoms with Gasteiger partial charge in [0.2, 0.25) is 0 Å². The molecule has 0 saturated heterocycles. The lowest BCUT2D eigenvalue weighted by Crippen LogP contribution is -2.40. The molecule has 20 heavy (non-hydrogen) atoms. The van der Waals surface area contributed by atoms with Gasteiger partial charge in [-0.1, -0.05) is 43.4 Å². The summed E-state index contributed by atoms with van der Waals surface area (Å²) in [6.07, 6.45) is 3.02. The summed E-state index contributed by atoms with van der Waals surface area (Å²) >= 11 is 1.93. The maximum atomic E-state index is 3.96. The molecule has 0 fully saturated rings. The number of benzene rings is 1. The van der Waals surface area contributed by atoms with Crippen LogP contribution in [0.4, 0.5) is 0 Å². The Hall–Kier alpha value is -1.38. The molecular formula is C18H20SSi. The quantitative estimate of drug-likeness (QED) is 0.551. The van der Waals surface area contributed by atoms with E-state index in [-0.39, 0.29) is 0 Å². The van der Waals surface area contributed by atoms with Gasteiger partial charge in [0.25, 0.3) is 0 Å². The summed E-state index contributed by atoms with van der Waals surface area (Å²) in [5, 5.41) is 3.20. The van der Waals surface area contributed by atoms with Crippen LogP contribution < -0.4 is 5.19 Å². The smallest absolute Gasteiger partial charge is 0.115 e. The molecule has 2 heteroatoms. The number of allylic oxidation sites excluding steroid dienone is 2. The summed E-state index contributed by atoms with van der Waals surface area (Å²) in [5.74, 6) is 0. The minimum atomic E-state index is -1.58. The highest BCUT2D eigenvalue weighted by Crippen LogP contribution is 2.43. The van der Waals surface area contributed by atoms with E-state index in [0.29, 0.717) is 0 Å². The van der Waals surface area contributed by atoms with E-state index < -0.39 is 8.07 Å². The van der Waals surface area contributed by atoms with Crippen LogP contribution in [0.2, 0.25) is 13.1 Å². The zero-order valence-electron chi connectivity index (χ0n) is 12.4. The van der Waals surface area contributed by atoms with Gasteiger partial charge in [-0.05, 0) is 47.0 Å². The van der Waals surface area contributed by atoms with E-state index in [1.165, 1.54) is 20.9 Å². The Balaban J connectivity index is 2.28. The van der Waals surface area contributed by atoms with Crippen molar-refractivity contribution in [2.45, 2.75) is 26.4 Å². The molecule has 0 atom stereocenters. The molecule has 1 aromatic heterocycles. The first kappa shape index (κ1) is 13.6. The van der Waals surface area contributed by atoms with Gasteiger partial charge in [0.15, 0.2) is 0 Å². The molecule has 1 aliphatic rings. The zero-order valence-corrected chi connectivity index (χ0v) is 14.2. The molecule has 0 saturated carbocycles. The Bertz CT molecular complexity index is 704. The molecule has 1 aliphatic heterocycles. The van der Waals surface area contributed by atoms with Gasteiger partial charge in [0.05, 0.1) is 0 Å². The fourth-order valence-electron chi connectivity index (χ4n) is 3.32. The molecule has 0 spiro atoms.